The first-order chi connectivity index (χ1) is 9.79. The van der Waals surface area contributed by atoms with Crippen LogP contribution in [0.1, 0.15) is 60.6 Å². The Labute approximate surface area is 119 Å². The molecule has 0 radical (unpaired) electrons. The Bertz CT molecular complexity index is 467. The van der Waals surface area contributed by atoms with Gasteiger partial charge < -0.3 is 9.64 Å². The highest BCUT2D eigenvalue weighted by Gasteiger charge is 2.31. The molecule has 1 atom stereocenters. The minimum absolute atomic E-state index is 0.0777. The quantitative estimate of drug-likeness (QED) is 0.898. The molecule has 1 aromatic heterocycles. The maximum atomic E-state index is 12.6. The van der Waals surface area contributed by atoms with Crippen LogP contribution in [0.4, 0.5) is 0 Å². The molecule has 0 spiro atoms. The molecule has 1 aliphatic heterocycles. The van der Waals surface area contributed by atoms with Crippen molar-refractivity contribution in [2.75, 3.05) is 20.3 Å². The number of aromatic nitrogens is 2. The van der Waals surface area contributed by atoms with Crippen LogP contribution in [-0.4, -0.2) is 47.3 Å². The average molecular weight is 277 g/mol. The maximum absolute atomic E-state index is 12.6. The molecule has 0 aromatic carbocycles. The summed E-state index contributed by atoms with van der Waals surface area (Å²) in [4.78, 5) is 14.6. The summed E-state index contributed by atoms with van der Waals surface area (Å²) < 4.78 is 5.16. The van der Waals surface area contributed by atoms with E-state index in [4.69, 9.17) is 4.74 Å². The van der Waals surface area contributed by atoms with Crippen molar-refractivity contribution in [3.05, 3.63) is 17.5 Å². The van der Waals surface area contributed by atoms with Crippen LogP contribution in [-0.2, 0) is 4.74 Å². The highest BCUT2D eigenvalue weighted by atomic mass is 16.5. The van der Waals surface area contributed by atoms with Crippen molar-refractivity contribution in [2.24, 2.45) is 0 Å². The second-order valence-electron chi connectivity index (χ2n) is 5.91. The van der Waals surface area contributed by atoms with Gasteiger partial charge in [0.2, 0.25) is 0 Å². The summed E-state index contributed by atoms with van der Waals surface area (Å²) in [7, 11) is 1.71. The number of carbonyl (C=O) groups is 1. The van der Waals surface area contributed by atoms with Crippen molar-refractivity contribution in [3.63, 3.8) is 0 Å². The molecular weight excluding hydrogens is 254 g/mol. The Morgan fingerprint density at radius 1 is 1.45 bits per heavy atom. The molecule has 110 valence electrons. The maximum Gasteiger partial charge on any atom is 0.274 e. The number of nitrogens with zero attached hydrogens (tertiary/aromatic N) is 2. The van der Waals surface area contributed by atoms with Gasteiger partial charge in [-0.15, -0.1) is 0 Å². The van der Waals surface area contributed by atoms with Gasteiger partial charge >= 0.3 is 0 Å². The van der Waals surface area contributed by atoms with Gasteiger partial charge in [0.15, 0.2) is 0 Å². The molecule has 1 N–H and O–H groups in total. The Balaban J connectivity index is 1.68. The molecule has 1 unspecified atom stereocenters. The van der Waals surface area contributed by atoms with Gasteiger partial charge in [-0.25, -0.2) is 0 Å². The number of aromatic amines is 1. The number of carbonyl (C=O) groups excluding carboxylic acids is 1. The van der Waals surface area contributed by atoms with Gasteiger partial charge in [0.05, 0.1) is 0 Å². The standard InChI is InChI=1S/C15H23N3O2/c1-20-9-7-12-4-2-3-8-18(12)15(19)14-10-13(16-17-14)11-5-6-11/h10-12H,2-9H2,1H3,(H,16,17). The zero-order valence-corrected chi connectivity index (χ0v) is 12.1. The fraction of sp³-hybridized carbons (Fsp3) is 0.733. The molecule has 2 fully saturated rings. The molecule has 5 heteroatoms. The summed E-state index contributed by atoms with van der Waals surface area (Å²) in [5.41, 5.74) is 1.70. The molecule has 5 nitrogen and oxygen atoms in total. The number of ether oxygens (including phenoxy) is 1. The Kier molecular flexibility index (Phi) is 4.05. The number of nitrogens with one attached hydrogen (secondary N) is 1. The number of likely N-dealkylation sites (tertiary alicyclic amines) is 1. The fourth-order valence-corrected chi connectivity index (χ4v) is 3.02. The molecule has 1 aliphatic carbocycles. The van der Waals surface area contributed by atoms with E-state index in [9.17, 15) is 4.79 Å². The third kappa shape index (κ3) is 2.87. The van der Waals surface area contributed by atoms with Crippen molar-refractivity contribution in [1.29, 1.82) is 0 Å². The fourth-order valence-electron chi connectivity index (χ4n) is 3.02. The topological polar surface area (TPSA) is 58.2 Å². The smallest absolute Gasteiger partial charge is 0.274 e. The van der Waals surface area contributed by atoms with E-state index in [1.54, 1.807) is 7.11 Å². The van der Waals surface area contributed by atoms with Gasteiger partial charge in [-0.05, 0) is 44.6 Å². The Hall–Kier alpha value is -1.36. The van der Waals surface area contributed by atoms with Crippen molar-refractivity contribution in [2.45, 2.75) is 50.5 Å². The lowest BCUT2D eigenvalue weighted by Crippen LogP contribution is -2.44. The summed E-state index contributed by atoms with van der Waals surface area (Å²) >= 11 is 0. The van der Waals surface area contributed by atoms with Crippen molar-refractivity contribution in [3.8, 4) is 0 Å². The summed E-state index contributed by atoms with van der Waals surface area (Å²) in [6.45, 7) is 1.56. The van der Waals surface area contributed by atoms with Gasteiger partial charge in [-0.2, -0.15) is 5.10 Å². The van der Waals surface area contributed by atoms with E-state index in [0.29, 0.717) is 24.3 Å². The molecular formula is C15H23N3O2. The number of hydrogen-bond acceptors (Lipinski definition) is 3. The lowest BCUT2D eigenvalue weighted by Gasteiger charge is -2.35. The lowest BCUT2D eigenvalue weighted by atomic mass is 9.99. The van der Waals surface area contributed by atoms with Crippen LogP contribution >= 0.6 is 0 Å². The Morgan fingerprint density at radius 3 is 3.05 bits per heavy atom. The molecule has 1 saturated carbocycles. The summed E-state index contributed by atoms with van der Waals surface area (Å²) in [6, 6.07) is 2.25. The summed E-state index contributed by atoms with van der Waals surface area (Å²) in [5.74, 6) is 0.684. The highest BCUT2D eigenvalue weighted by molar-refractivity contribution is 5.92. The monoisotopic (exact) mass is 277 g/mol. The summed E-state index contributed by atoms with van der Waals surface area (Å²) in [5, 5.41) is 7.24. The van der Waals surface area contributed by atoms with E-state index in [2.05, 4.69) is 10.2 Å². The van der Waals surface area contributed by atoms with Gasteiger partial charge in [0.1, 0.15) is 5.69 Å². The zero-order valence-electron chi connectivity index (χ0n) is 12.1. The molecule has 1 aromatic rings. The first kappa shape index (κ1) is 13.6. The number of rotatable bonds is 5. The van der Waals surface area contributed by atoms with E-state index in [1.165, 1.54) is 19.3 Å². The third-order valence-electron chi connectivity index (χ3n) is 4.38. The lowest BCUT2D eigenvalue weighted by molar-refractivity contribution is 0.0547. The number of methoxy groups -OCH3 is 1. The summed E-state index contributed by atoms with van der Waals surface area (Å²) in [6.07, 6.45) is 6.73. The molecule has 0 bridgehead atoms. The van der Waals surface area contributed by atoms with Crippen molar-refractivity contribution >= 4 is 5.91 Å². The number of hydrogen-bond donors (Lipinski definition) is 1. The van der Waals surface area contributed by atoms with E-state index < -0.39 is 0 Å². The van der Waals surface area contributed by atoms with Gasteiger partial charge in [-0.3, -0.25) is 9.89 Å². The van der Waals surface area contributed by atoms with Crippen LogP contribution in [0.15, 0.2) is 6.07 Å². The van der Waals surface area contributed by atoms with Crippen LogP contribution in [0, 0.1) is 0 Å². The van der Waals surface area contributed by atoms with Gasteiger partial charge in [-0.1, -0.05) is 0 Å². The van der Waals surface area contributed by atoms with Crippen LogP contribution in [0.25, 0.3) is 0 Å². The molecule has 1 amide bonds. The average Bonchev–Trinajstić information content (AvgIpc) is 3.22. The van der Waals surface area contributed by atoms with E-state index in [0.717, 1.165) is 31.5 Å². The van der Waals surface area contributed by atoms with Crippen LogP contribution in [0.3, 0.4) is 0 Å². The first-order valence-electron chi connectivity index (χ1n) is 7.65. The normalized spacial score (nSPS) is 23.1. The molecule has 2 aliphatic rings. The van der Waals surface area contributed by atoms with Crippen LogP contribution < -0.4 is 0 Å². The van der Waals surface area contributed by atoms with E-state index >= 15 is 0 Å². The second-order valence-corrected chi connectivity index (χ2v) is 5.91. The van der Waals surface area contributed by atoms with E-state index in [-0.39, 0.29) is 5.91 Å². The molecule has 20 heavy (non-hydrogen) atoms. The minimum Gasteiger partial charge on any atom is -0.385 e. The number of amides is 1. The third-order valence-corrected chi connectivity index (χ3v) is 4.38. The second kappa shape index (κ2) is 5.95. The number of piperidine rings is 1. The highest BCUT2D eigenvalue weighted by Crippen LogP contribution is 2.39. The van der Waals surface area contributed by atoms with Crippen molar-refractivity contribution in [1.82, 2.24) is 15.1 Å². The van der Waals surface area contributed by atoms with Crippen LogP contribution in [0.2, 0.25) is 0 Å². The van der Waals surface area contributed by atoms with Crippen molar-refractivity contribution < 1.29 is 9.53 Å². The first-order valence-corrected chi connectivity index (χ1v) is 7.65. The Morgan fingerprint density at radius 2 is 2.30 bits per heavy atom. The SMILES string of the molecule is COCCC1CCCCN1C(=O)c1cc(C2CC2)[nH]n1. The van der Waals surface area contributed by atoms with Crippen LogP contribution in [0.5, 0.6) is 0 Å². The van der Waals surface area contributed by atoms with E-state index in [1.807, 2.05) is 11.0 Å². The largest absolute Gasteiger partial charge is 0.385 e. The minimum atomic E-state index is 0.0777. The zero-order chi connectivity index (χ0) is 13.9. The predicted molar refractivity (Wildman–Crippen MR) is 75.7 cm³/mol. The van der Waals surface area contributed by atoms with Gasteiger partial charge in [0.25, 0.3) is 5.91 Å². The number of H-pyrrole nitrogens is 1. The molecule has 3 rings (SSSR count). The molecule has 1 saturated heterocycles. The van der Waals surface area contributed by atoms with Gasteiger partial charge in [0, 0.05) is 37.9 Å². The predicted octanol–water partition coefficient (Wildman–Crippen LogP) is 2.32. The molecule has 2 heterocycles.